The van der Waals surface area contributed by atoms with Crippen molar-refractivity contribution in [3.63, 3.8) is 0 Å². The zero-order valence-corrected chi connectivity index (χ0v) is 11.3. The zero-order chi connectivity index (χ0) is 12.2. The van der Waals surface area contributed by atoms with E-state index in [1.165, 1.54) is 19.3 Å². The van der Waals surface area contributed by atoms with Gasteiger partial charge in [0.25, 0.3) is 0 Å². The first kappa shape index (κ1) is 14.0. The van der Waals surface area contributed by atoms with Gasteiger partial charge in [-0.1, -0.05) is 40.5 Å². The molecule has 0 unspecified atom stereocenters. The molecule has 3 atom stereocenters. The van der Waals surface area contributed by atoms with Crippen LogP contribution in [-0.2, 0) is 4.74 Å². The molecule has 0 aromatic rings. The lowest BCUT2D eigenvalue weighted by Gasteiger charge is -2.42. The molecule has 0 aliphatic heterocycles. The molecule has 0 amide bonds. The van der Waals surface area contributed by atoms with Crippen LogP contribution in [0.25, 0.3) is 0 Å². The lowest BCUT2D eigenvalue weighted by atomic mass is 9.70. The molecule has 2 nitrogen and oxygen atoms in total. The van der Waals surface area contributed by atoms with E-state index >= 15 is 0 Å². The van der Waals surface area contributed by atoms with Gasteiger partial charge in [0.15, 0.2) is 0 Å². The highest BCUT2D eigenvalue weighted by Gasteiger charge is 2.37. The molecule has 96 valence electrons. The molecule has 0 heterocycles. The van der Waals surface area contributed by atoms with Gasteiger partial charge in [-0.25, -0.2) is 0 Å². The molecule has 1 N–H and O–H groups in total. The van der Waals surface area contributed by atoms with Crippen LogP contribution in [0.2, 0.25) is 0 Å². The van der Waals surface area contributed by atoms with Crippen LogP contribution in [0.4, 0.5) is 0 Å². The maximum Gasteiger partial charge on any atom is 0.0773 e. The normalized spacial score (nSPS) is 31.3. The number of hydrogen-bond acceptors (Lipinski definition) is 2. The van der Waals surface area contributed by atoms with Crippen LogP contribution < -0.4 is 0 Å². The Bertz CT molecular complexity index is 201. The SMILES string of the molecule is CCC[C@H](O)CO[C@@H]1[C@@H](C)CCCC1(C)C. The maximum atomic E-state index is 9.71. The molecule has 0 bridgehead atoms. The Labute approximate surface area is 100 Å². The monoisotopic (exact) mass is 228 g/mol. The average molecular weight is 228 g/mol. The molecule has 0 spiro atoms. The maximum absolute atomic E-state index is 9.71. The second-order valence-electron chi connectivity index (χ2n) is 6.05. The van der Waals surface area contributed by atoms with E-state index in [1.54, 1.807) is 0 Å². The van der Waals surface area contributed by atoms with Gasteiger partial charge in [0.1, 0.15) is 0 Å². The molecule has 1 saturated carbocycles. The van der Waals surface area contributed by atoms with Gasteiger partial charge >= 0.3 is 0 Å². The Balaban J connectivity index is 2.43. The number of rotatable bonds is 5. The Morgan fingerprint density at radius 2 is 2.12 bits per heavy atom. The predicted molar refractivity (Wildman–Crippen MR) is 67.5 cm³/mol. The highest BCUT2D eigenvalue weighted by Crippen LogP contribution is 2.40. The highest BCUT2D eigenvalue weighted by atomic mass is 16.5. The summed E-state index contributed by atoms with van der Waals surface area (Å²) in [5.74, 6) is 0.623. The van der Waals surface area contributed by atoms with Crippen molar-refractivity contribution in [3.8, 4) is 0 Å². The first-order chi connectivity index (χ1) is 7.47. The first-order valence-electron chi connectivity index (χ1n) is 6.77. The molecule has 1 rings (SSSR count). The van der Waals surface area contributed by atoms with E-state index in [2.05, 4.69) is 27.7 Å². The molecule has 0 aromatic carbocycles. The summed E-state index contributed by atoms with van der Waals surface area (Å²) in [5.41, 5.74) is 0.267. The van der Waals surface area contributed by atoms with Gasteiger partial charge < -0.3 is 9.84 Å². The van der Waals surface area contributed by atoms with Crippen LogP contribution in [0.3, 0.4) is 0 Å². The van der Waals surface area contributed by atoms with Crippen LogP contribution in [0, 0.1) is 11.3 Å². The van der Waals surface area contributed by atoms with E-state index < -0.39 is 0 Å². The Kier molecular flexibility index (Phi) is 5.26. The molecule has 2 heteroatoms. The van der Waals surface area contributed by atoms with Gasteiger partial charge in [0.2, 0.25) is 0 Å². The number of hydrogen-bond donors (Lipinski definition) is 1. The van der Waals surface area contributed by atoms with Gasteiger partial charge in [0.05, 0.1) is 18.8 Å². The van der Waals surface area contributed by atoms with E-state index in [4.69, 9.17) is 4.74 Å². The molecule has 16 heavy (non-hydrogen) atoms. The average Bonchev–Trinajstić information content (AvgIpc) is 2.16. The van der Waals surface area contributed by atoms with E-state index in [9.17, 15) is 5.11 Å². The fourth-order valence-electron chi connectivity index (χ4n) is 2.96. The molecule has 0 aromatic heterocycles. The smallest absolute Gasteiger partial charge is 0.0773 e. The number of ether oxygens (including phenoxy) is 1. The Morgan fingerprint density at radius 3 is 2.69 bits per heavy atom. The minimum absolute atomic E-state index is 0.267. The lowest BCUT2D eigenvalue weighted by Crippen LogP contribution is -2.42. The zero-order valence-electron chi connectivity index (χ0n) is 11.3. The van der Waals surface area contributed by atoms with Crippen molar-refractivity contribution < 1.29 is 9.84 Å². The quantitative estimate of drug-likeness (QED) is 0.781. The lowest BCUT2D eigenvalue weighted by molar-refractivity contribution is -0.104. The second-order valence-corrected chi connectivity index (χ2v) is 6.05. The van der Waals surface area contributed by atoms with Crippen molar-refractivity contribution in [2.75, 3.05) is 6.61 Å². The third kappa shape index (κ3) is 3.74. The summed E-state index contributed by atoms with van der Waals surface area (Å²) in [6, 6.07) is 0. The third-order valence-corrected chi connectivity index (χ3v) is 3.86. The molecular weight excluding hydrogens is 200 g/mol. The van der Waals surface area contributed by atoms with Gasteiger partial charge in [-0.2, -0.15) is 0 Å². The second kappa shape index (κ2) is 6.02. The minimum Gasteiger partial charge on any atom is -0.391 e. The van der Waals surface area contributed by atoms with Crippen molar-refractivity contribution >= 4 is 0 Å². The fraction of sp³-hybridized carbons (Fsp3) is 1.00. The highest BCUT2D eigenvalue weighted by molar-refractivity contribution is 4.87. The standard InChI is InChI=1S/C14H28O2/c1-5-7-12(15)10-16-13-11(2)8-6-9-14(13,3)4/h11-13,15H,5-10H2,1-4H3/t11-,12-,13+/m0/s1. The summed E-state index contributed by atoms with van der Waals surface area (Å²) in [5, 5.41) is 9.71. The topological polar surface area (TPSA) is 29.5 Å². The van der Waals surface area contributed by atoms with Crippen molar-refractivity contribution in [2.45, 2.75) is 72.0 Å². The van der Waals surface area contributed by atoms with Crippen molar-refractivity contribution in [1.82, 2.24) is 0 Å². The van der Waals surface area contributed by atoms with Crippen LogP contribution in [0.15, 0.2) is 0 Å². The Morgan fingerprint density at radius 1 is 1.44 bits per heavy atom. The molecular formula is C14H28O2. The fourth-order valence-corrected chi connectivity index (χ4v) is 2.96. The van der Waals surface area contributed by atoms with Crippen LogP contribution in [0.1, 0.15) is 59.8 Å². The van der Waals surface area contributed by atoms with Crippen LogP contribution >= 0.6 is 0 Å². The summed E-state index contributed by atoms with van der Waals surface area (Å²) in [7, 11) is 0. The van der Waals surface area contributed by atoms with E-state index in [0.29, 0.717) is 18.6 Å². The van der Waals surface area contributed by atoms with E-state index in [0.717, 1.165) is 12.8 Å². The molecule has 1 aliphatic carbocycles. The first-order valence-corrected chi connectivity index (χ1v) is 6.77. The van der Waals surface area contributed by atoms with Crippen LogP contribution in [0.5, 0.6) is 0 Å². The van der Waals surface area contributed by atoms with Crippen molar-refractivity contribution in [2.24, 2.45) is 11.3 Å². The third-order valence-electron chi connectivity index (χ3n) is 3.86. The van der Waals surface area contributed by atoms with Gasteiger partial charge in [-0.05, 0) is 30.6 Å². The minimum atomic E-state index is -0.282. The predicted octanol–water partition coefficient (Wildman–Crippen LogP) is 3.38. The summed E-state index contributed by atoms with van der Waals surface area (Å²) in [6.07, 6.45) is 5.72. The van der Waals surface area contributed by atoms with E-state index in [-0.39, 0.29) is 11.5 Å². The number of aliphatic hydroxyl groups is 1. The van der Waals surface area contributed by atoms with Gasteiger partial charge in [-0.3, -0.25) is 0 Å². The summed E-state index contributed by atoms with van der Waals surface area (Å²) in [4.78, 5) is 0. The summed E-state index contributed by atoms with van der Waals surface area (Å²) < 4.78 is 5.97. The molecule has 0 radical (unpaired) electrons. The molecule has 1 fully saturated rings. The molecule has 1 aliphatic rings. The van der Waals surface area contributed by atoms with E-state index in [1.807, 2.05) is 0 Å². The largest absolute Gasteiger partial charge is 0.391 e. The van der Waals surface area contributed by atoms with Crippen LogP contribution in [-0.4, -0.2) is 23.9 Å². The Hall–Kier alpha value is -0.0800. The summed E-state index contributed by atoms with van der Waals surface area (Å²) >= 11 is 0. The van der Waals surface area contributed by atoms with Crippen molar-refractivity contribution in [1.29, 1.82) is 0 Å². The number of aliphatic hydroxyl groups excluding tert-OH is 1. The molecule has 0 saturated heterocycles. The summed E-state index contributed by atoms with van der Waals surface area (Å²) in [6.45, 7) is 9.46. The van der Waals surface area contributed by atoms with Gasteiger partial charge in [-0.15, -0.1) is 0 Å². The van der Waals surface area contributed by atoms with Gasteiger partial charge in [0, 0.05) is 0 Å². The van der Waals surface area contributed by atoms with Crippen molar-refractivity contribution in [3.05, 3.63) is 0 Å².